The van der Waals surface area contributed by atoms with Crippen LogP contribution in [-0.2, 0) is 14.9 Å². The van der Waals surface area contributed by atoms with Gasteiger partial charge in [-0.25, -0.2) is 0 Å². The van der Waals surface area contributed by atoms with Crippen molar-refractivity contribution in [1.29, 1.82) is 0 Å². The van der Waals surface area contributed by atoms with Crippen LogP contribution in [0.1, 0.15) is 44.7 Å². The van der Waals surface area contributed by atoms with Crippen molar-refractivity contribution in [2.75, 3.05) is 0 Å². The average Bonchev–Trinajstić information content (AvgIpc) is 2.74. The Kier molecular flexibility index (Phi) is 5.01. The molecule has 0 saturated heterocycles. The monoisotopic (exact) mass is 357 g/mol. The summed E-state index contributed by atoms with van der Waals surface area (Å²) in [6.45, 7) is 7.95. The third kappa shape index (κ3) is 2.74. The van der Waals surface area contributed by atoms with Crippen LogP contribution in [0.3, 0.4) is 0 Å². The molecule has 2 unspecified atom stereocenters. The van der Waals surface area contributed by atoms with Gasteiger partial charge in [-0.05, 0) is 59.9 Å². The predicted molar refractivity (Wildman–Crippen MR) is 94.3 cm³/mol. The summed E-state index contributed by atoms with van der Waals surface area (Å²) in [6.07, 6.45) is 3.69. The van der Waals surface area contributed by atoms with E-state index in [4.69, 9.17) is 0 Å². The van der Waals surface area contributed by atoms with Gasteiger partial charge in [-0.1, -0.05) is 32.9 Å². The summed E-state index contributed by atoms with van der Waals surface area (Å²) in [7, 11) is -4.26. The first-order valence-electron chi connectivity index (χ1n) is 7.83. The second kappa shape index (κ2) is 6.06. The van der Waals surface area contributed by atoms with Gasteiger partial charge >= 0.3 is 0 Å². The summed E-state index contributed by atoms with van der Waals surface area (Å²) in [5.74, 6) is 0.378. The molecule has 0 amide bonds. The Labute approximate surface area is 165 Å². The van der Waals surface area contributed by atoms with Crippen LogP contribution in [0, 0.1) is 23.7 Å². The molecule has 0 heterocycles. The standard InChI is InChI=1S/C18H22O4S.Na/c1-11-5-6-12(10-15(11)23(20,21)22)9-13-14-7-8-18(4,16(13)19)17(14,2)3;/h5-6,9-10,14H,7-8H2,1-4H3,(H,20,21,22);. The van der Waals surface area contributed by atoms with Gasteiger partial charge in [0.15, 0.2) is 5.78 Å². The van der Waals surface area contributed by atoms with Crippen molar-refractivity contribution in [2.24, 2.45) is 16.7 Å². The minimum Gasteiger partial charge on any atom is -0.294 e. The van der Waals surface area contributed by atoms with Gasteiger partial charge < -0.3 is 0 Å². The van der Waals surface area contributed by atoms with Crippen molar-refractivity contribution in [1.82, 2.24) is 0 Å². The fraction of sp³-hybridized carbons (Fsp3) is 0.500. The van der Waals surface area contributed by atoms with Gasteiger partial charge in [0.1, 0.15) is 0 Å². The van der Waals surface area contributed by atoms with Crippen molar-refractivity contribution in [3.05, 3.63) is 34.9 Å². The number of Topliss-reactive ketones (excluding diaryl/α,β-unsaturated/α-hetero) is 1. The Bertz CT molecular complexity index is 839. The van der Waals surface area contributed by atoms with E-state index in [0.717, 1.165) is 18.4 Å². The fourth-order valence-electron chi connectivity index (χ4n) is 4.26. The molecule has 24 heavy (non-hydrogen) atoms. The van der Waals surface area contributed by atoms with Crippen molar-refractivity contribution < 1.29 is 17.8 Å². The summed E-state index contributed by atoms with van der Waals surface area (Å²) in [6, 6.07) is 4.87. The predicted octanol–water partition coefficient (Wildman–Crippen LogP) is 3.27. The topological polar surface area (TPSA) is 71.4 Å². The minimum atomic E-state index is -4.26. The average molecular weight is 357 g/mol. The number of aryl methyl sites for hydroxylation is 1. The zero-order valence-electron chi connectivity index (χ0n) is 14.9. The molecule has 0 aliphatic heterocycles. The van der Waals surface area contributed by atoms with Crippen molar-refractivity contribution in [3.8, 4) is 0 Å². The van der Waals surface area contributed by atoms with Crippen LogP contribution in [0.4, 0.5) is 0 Å². The number of carbonyl (C=O) groups is 1. The van der Waals surface area contributed by atoms with Gasteiger partial charge in [0.2, 0.25) is 0 Å². The van der Waals surface area contributed by atoms with Crippen molar-refractivity contribution in [3.63, 3.8) is 0 Å². The SMILES string of the molecule is Cc1ccc(C=C2C(=O)C3(C)CCC2C3(C)C)cc1S(=O)(=O)O.[Na]. The molecule has 2 aliphatic rings. The molecule has 6 heteroatoms. The molecule has 2 atom stereocenters. The van der Waals surface area contributed by atoms with Crippen LogP contribution in [0.25, 0.3) is 6.08 Å². The normalized spacial score (nSPS) is 29.8. The van der Waals surface area contributed by atoms with E-state index in [0.29, 0.717) is 11.1 Å². The maximum Gasteiger partial charge on any atom is 0.294 e. The molecule has 3 rings (SSSR count). The number of hydrogen-bond acceptors (Lipinski definition) is 3. The molecule has 0 aromatic heterocycles. The second-order valence-electron chi connectivity index (χ2n) is 7.57. The number of ketones is 1. The van der Waals surface area contributed by atoms with E-state index >= 15 is 0 Å². The van der Waals surface area contributed by atoms with Crippen LogP contribution in [0.5, 0.6) is 0 Å². The Morgan fingerprint density at radius 3 is 2.38 bits per heavy atom. The van der Waals surface area contributed by atoms with Gasteiger partial charge in [-0.3, -0.25) is 9.35 Å². The molecule has 1 aromatic carbocycles. The smallest absolute Gasteiger partial charge is 0.294 e. The number of rotatable bonds is 2. The molecular formula is C18H22NaO4S. The van der Waals surface area contributed by atoms with Gasteiger partial charge in [-0.15, -0.1) is 0 Å². The third-order valence-corrected chi connectivity index (χ3v) is 7.17. The van der Waals surface area contributed by atoms with Crippen LogP contribution >= 0.6 is 0 Å². The first kappa shape index (κ1) is 19.9. The maximum atomic E-state index is 12.8. The zero-order valence-corrected chi connectivity index (χ0v) is 17.7. The number of carbonyl (C=O) groups excluding carboxylic acids is 1. The van der Waals surface area contributed by atoms with Gasteiger partial charge in [0, 0.05) is 35.0 Å². The molecule has 4 nitrogen and oxygen atoms in total. The molecule has 1 N–H and O–H groups in total. The van der Waals surface area contributed by atoms with Crippen molar-refractivity contribution >= 4 is 51.5 Å². The van der Waals surface area contributed by atoms with E-state index in [-0.39, 0.29) is 57.0 Å². The minimum absolute atomic E-state index is 0. The van der Waals surface area contributed by atoms with Crippen LogP contribution in [-0.4, -0.2) is 48.3 Å². The first-order valence-corrected chi connectivity index (χ1v) is 9.27. The number of allylic oxidation sites excluding steroid dienone is 1. The van der Waals surface area contributed by atoms with Crippen LogP contribution in [0.2, 0.25) is 0 Å². The number of benzene rings is 1. The molecule has 125 valence electrons. The van der Waals surface area contributed by atoms with E-state index in [1.165, 1.54) is 6.07 Å². The summed E-state index contributed by atoms with van der Waals surface area (Å²) < 4.78 is 32.2. The number of fused-ring (bicyclic) bond motifs is 2. The summed E-state index contributed by atoms with van der Waals surface area (Å²) in [5.41, 5.74) is 1.50. The molecule has 1 aromatic rings. The molecule has 0 spiro atoms. The maximum absolute atomic E-state index is 12.8. The Balaban J connectivity index is 0.00000208. The fourth-order valence-corrected chi connectivity index (χ4v) is 5.02. The molecule has 2 bridgehead atoms. The van der Waals surface area contributed by atoms with Gasteiger partial charge in [0.05, 0.1) is 4.90 Å². The van der Waals surface area contributed by atoms with E-state index < -0.39 is 10.1 Å². The van der Waals surface area contributed by atoms with Crippen molar-refractivity contribution in [2.45, 2.75) is 45.4 Å². The Hall–Kier alpha value is -0.460. The molecule has 2 aliphatic carbocycles. The summed E-state index contributed by atoms with van der Waals surface area (Å²) in [4.78, 5) is 12.7. The summed E-state index contributed by atoms with van der Waals surface area (Å²) >= 11 is 0. The molecular weight excluding hydrogens is 335 g/mol. The van der Waals surface area contributed by atoms with E-state index in [9.17, 15) is 17.8 Å². The first-order chi connectivity index (χ1) is 10.5. The van der Waals surface area contributed by atoms with Crippen LogP contribution in [0.15, 0.2) is 28.7 Å². The quantitative estimate of drug-likeness (QED) is 0.501. The third-order valence-electron chi connectivity index (χ3n) is 6.18. The molecule has 2 saturated carbocycles. The zero-order chi connectivity index (χ0) is 17.2. The van der Waals surface area contributed by atoms with Gasteiger partial charge in [0.25, 0.3) is 10.1 Å². The van der Waals surface area contributed by atoms with E-state index in [2.05, 4.69) is 13.8 Å². The Morgan fingerprint density at radius 2 is 1.88 bits per heavy atom. The van der Waals surface area contributed by atoms with E-state index in [1.807, 2.05) is 6.92 Å². The Morgan fingerprint density at radius 1 is 1.25 bits per heavy atom. The summed E-state index contributed by atoms with van der Waals surface area (Å²) in [5, 5.41) is 0. The van der Waals surface area contributed by atoms with E-state index in [1.54, 1.807) is 25.1 Å². The second-order valence-corrected chi connectivity index (χ2v) is 8.96. The number of hydrogen-bond donors (Lipinski definition) is 1. The van der Waals surface area contributed by atoms with Crippen LogP contribution < -0.4 is 0 Å². The molecule has 1 radical (unpaired) electrons. The van der Waals surface area contributed by atoms with Gasteiger partial charge in [-0.2, -0.15) is 8.42 Å². The largest absolute Gasteiger partial charge is 0.294 e. The molecule has 2 fully saturated rings.